The zero-order valence-corrected chi connectivity index (χ0v) is 17.9. The topological polar surface area (TPSA) is 59.9 Å². The highest BCUT2D eigenvalue weighted by atomic mass is 79.9. The zero-order valence-electron chi connectivity index (χ0n) is 15.6. The Kier molecular flexibility index (Phi) is 7.27. The van der Waals surface area contributed by atoms with Crippen LogP contribution < -0.4 is 14.9 Å². The highest BCUT2D eigenvalue weighted by Crippen LogP contribution is 2.29. The summed E-state index contributed by atoms with van der Waals surface area (Å²) >= 11 is 9.52. The Bertz CT molecular complexity index is 1040. The van der Waals surface area contributed by atoms with E-state index in [-0.39, 0.29) is 5.91 Å². The highest BCUT2D eigenvalue weighted by molar-refractivity contribution is 9.10. The summed E-state index contributed by atoms with van der Waals surface area (Å²) in [5.41, 5.74) is 4.63. The first kappa shape index (κ1) is 20.9. The summed E-state index contributed by atoms with van der Waals surface area (Å²) in [6.07, 6.45) is 1.54. The molecule has 3 rings (SSSR count). The molecule has 1 N–H and O–H groups in total. The molecule has 0 spiro atoms. The number of methoxy groups -OCH3 is 1. The van der Waals surface area contributed by atoms with Crippen molar-refractivity contribution in [2.45, 2.75) is 6.61 Å². The van der Waals surface area contributed by atoms with Gasteiger partial charge in [-0.2, -0.15) is 5.10 Å². The molecule has 0 heterocycles. The van der Waals surface area contributed by atoms with Crippen molar-refractivity contribution in [3.05, 3.63) is 92.9 Å². The van der Waals surface area contributed by atoms with Gasteiger partial charge in [0.05, 0.1) is 13.3 Å². The number of carbonyl (C=O) groups excluding carboxylic acids is 1. The lowest BCUT2D eigenvalue weighted by Crippen LogP contribution is -2.17. The van der Waals surface area contributed by atoms with Gasteiger partial charge in [-0.05, 0) is 48.0 Å². The van der Waals surface area contributed by atoms with E-state index in [1.54, 1.807) is 37.4 Å². The average Bonchev–Trinajstić information content (AvgIpc) is 2.73. The summed E-state index contributed by atoms with van der Waals surface area (Å²) in [4.78, 5) is 12.1. The molecule has 5 nitrogen and oxygen atoms in total. The Morgan fingerprint density at radius 3 is 2.69 bits per heavy atom. The minimum atomic E-state index is -0.300. The summed E-state index contributed by atoms with van der Waals surface area (Å²) < 4.78 is 12.1. The van der Waals surface area contributed by atoms with Crippen molar-refractivity contribution in [3.63, 3.8) is 0 Å². The van der Waals surface area contributed by atoms with E-state index < -0.39 is 0 Å². The van der Waals surface area contributed by atoms with Gasteiger partial charge in [0, 0.05) is 20.6 Å². The van der Waals surface area contributed by atoms with Crippen molar-refractivity contribution in [1.29, 1.82) is 0 Å². The van der Waals surface area contributed by atoms with E-state index in [1.807, 2.05) is 36.4 Å². The highest BCUT2D eigenvalue weighted by Gasteiger charge is 2.08. The third-order valence-electron chi connectivity index (χ3n) is 4.00. The molecule has 0 saturated heterocycles. The molecule has 0 radical (unpaired) electrons. The summed E-state index contributed by atoms with van der Waals surface area (Å²) in [6.45, 7) is 0.302. The van der Waals surface area contributed by atoms with Gasteiger partial charge in [0.15, 0.2) is 11.5 Å². The van der Waals surface area contributed by atoms with Gasteiger partial charge < -0.3 is 9.47 Å². The van der Waals surface area contributed by atoms with Crippen LogP contribution in [0.15, 0.2) is 76.3 Å². The number of benzene rings is 3. The van der Waals surface area contributed by atoms with Gasteiger partial charge in [0.2, 0.25) is 0 Å². The van der Waals surface area contributed by atoms with Crippen LogP contribution >= 0.6 is 27.5 Å². The Morgan fingerprint density at radius 1 is 1.10 bits per heavy atom. The van der Waals surface area contributed by atoms with E-state index in [0.717, 1.165) is 15.6 Å². The first-order chi connectivity index (χ1) is 14.1. The van der Waals surface area contributed by atoms with Crippen LogP contribution in [-0.2, 0) is 6.61 Å². The quantitative estimate of drug-likeness (QED) is 0.366. The molecule has 0 atom stereocenters. The van der Waals surface area contributed by atoms with E-state index in [4.69, 9.17) is 21.1 Å². The number of nitrogens with zero attached hydrogens (tertiary/aromatic N) is 1. The lowest BCUT2D eigenvalue weighted by molar-refractivity contribution is 0.0955. The van der Waals surface area contributed by atoms with Crippen LogP contribution in [0.5, 0.6) is 11.5 Å². The minimum Gasteiger partial charge on any atom is -0.493 e. The molecule has 3 aromatic rings. The number of amides is 1. The van der Waals surface area contributed by atoms with E-state index in [0.29, 0.717) is 28.7 Å². The van der Waals surface area contributed by atoms with Crippen molar-refractivity contribution in [1.82, 2.24) is 5.43 Å². The molecule has 29 heavy (non-hydrogen) atoms. The van der Waals surface area contributed by atoms with Gasteiger partial charge in [0.25, 0.3) is 5.91 Å². The maximum Gasteiger partial charge on any atom is 0.271 e. The van der Waals surface area contributed by atoms with Crippen LogP contribution in [0.3, 0.4) is 0 Å². The van der Waals surface area contributed by atoms with Crippen LogP contribution in [-0.4, -0.2) is 19.2 Å². The second-order valence-corrected chi connectivity index (χ2v) is 7.32. The Labute approximate surface area is 182 Å². The molecule has 0 aromatic heterocycles. The second-order valence-electron chi connectivity index (χ2n) is 6.00. The van der Waals surface area contributed by atoms with Gasteiger partial charge in [-0.15, -0.1) is 0 Å². The van der Waals surface area contributed by atoms with Gasteiger partial charge in [0.1, 0.15) is 6.61 Å². The predicted octanol–water partition coefficient (Wildman–Crippen LogP) is 5.45. The third kappa shape index (κ3) is 5.82. The Morgan fingerprint density at radius 2 is 1.93 bits per heavy atom. The molecular weight excluding hydrogens is 456 g/mol. The lowest BCUT2D eigenvalue weighted by atomic mass is 10.2. The van der Waals surface area contributed by atoms with Crippen LogP contribution in [0.25, 0.3) is 0 Å². The van der Waals surface area contributed by atoms with Crippen LogP contribution in [0.2, 0.25) is 5.02 Å². The lowest BCUT2D eigenvalue weighted by Gasteiger charge is -2.12. The number of hydrazone groups is 1. The third-order valence-corrected chi connectivity index (χ3v) is 4.86. The summed E-state index contributed by atoms with van der Waals surface area (Å²) in [5, 5.41) is 4.66. The smallest absolute Gasteiger partial charge is 0.271 e. The number of rotatable bonds is 7. The van der Waals surface area contributed by atoms with Crippen molar-refractivity contribution in [2.75, 3.05) is 7.11 Å². The molecule has 0 aliphatic rings. The zero-order chi connectivity index (χ0) is 20.6. The number of halogens is 2. The average molecular weight is 474 g/mol. The molecule has 0 fully saturated rings. The maximum absolute atomic E-state index is 12.1. The molecule has 0 aliphatic carbocycles. The van der Waals surface area contributed by atoms with Gasteiger partial charge in [-0.1, -0.05) is 51.8 Å². The number of carbonyl (C=O) groups is 1. The minimum absolute atomic E-state index is 0.300. The fraction of sp³-hybridized carbons (Fsp3) is 0.0909. The van der Waals surface area contributed by atoms with Crippen LogP contribution in [0, 0.1) is 0 Å². The van der Waals surface area contributed by atoms with E-state index in [9.17, 15) is 4.79 Å². The first-order valence-corrected chi connectivity index (χ1v) is 9.87. The molecule has 0 bridgehead atoms. The molecule has 0 unspecified atom stereocenters. The maximum atomic E-state index is 12.1. The molecule has 1 amide bonds. The molecule has 0 saturated carbocycles. The number of hydrogen-bond acceptors (Lipinski definition) is 4. The van der Waals surface area contributed by atoms with Crippen molar-refractivity contribution in [3.8, 4) is 11.5 Å². The molecule has 0 aliphatic heterocycles. The summed E-state index contributed by atoms with van der Waals surface area (Å²) in [7, 11) is 1.57. The van der Waals surface area contributed by atoms with Gasteiger partial charge in [-0.3, -0.25) is 4.79 Å². The molecule has 148 valence electrons. The van der Waals surface area contributed by atoms with Crippen molar-refractivity contribution < 1.29 is 14.3 Å². The van der Waals surface area contributed by atoms with E-state index in [2.05, 4.69) is 26.5 Å². The predicted molar refractivity (Wildman–Crippen MR) is 118 cm³/mol. The Hall–Kier alpha value is -2.83. The molecule has 7 heteroatoms. The number of ether oxygens (including phenoxy) is 2. The first-order valence-electron chi connectivity index (χ1n) is 8.70. The second kappa shape index (κ2) is 10.1. The SMILES string of the molecule is COc1ccc(/C=N\NC(=O)c2cccc(Br)c2)cc1OCc1ccccc1Cl. The van der Waals surface area contributed by atoms with Gasteiger partial charge in [-0.25, -0.2) is 5.43 Å². The van der Waals surface area contributed by atoms with Crippen LogP contribution in [0.4, 0.5) is 0 Å². The summed E-state index contributed by atoms with van der Waals surface area (Å²) in [5.74, 6) is 0.841. The van der Waals surface area contributed by atoms with Gasteiger partial charge >= 0.3 is 0 Å². The van der Waals surface area contributed by atoms with Crippen molar-refractivity contribution in [2.24, 2.45) is 5.10 Å². The fourth-order valence-electron chi connectivity index (χ4n) is 2.52. The number of hydrogen-bond donors (Lipinski definition) is 1. The molecular formula is C22H18BrClN2O3. The van der Waals surface area contributed by atoms with E-state index in [1.165, 1.54) is 6.21 Å². The van der Waals surface area contributed by atoms with Crippen LogP contribution in [0.1, 0.15) is 21.5 Å². The monoisotopic (exact) mass is 472 g/mol. The normalized spacial score (nSPS) is 10.7. The van der Waals surface area contributed by atoms with Crippen molar-refractivity contribution >= 4 is 39.7 Å². The largest absolute Gasteiger partial charge is 0.493 e. The molecule has 3 aromatic carbocycles. The van der Waals surface area contributed by atoms with E-state index >= 15 is 0 Å². The Balaban J connectivity index is 1.68. The fourth-order valence-corrected chi connectivity index (χ4v) is 3.11. The summed E-state index contributed by atoms with van der Waals surface area (Å²) in [6, 6.07) is 19.9. The number of nitrogens with one attached hydrogen (secondary N) is 1. The standard InChI is InChI=1S/C22H18BrClN2O3/c1-28-20-10-9-15(11-21(20)29-14-17-5-2-3-8-19(17)24)13-25-26-22(27)16-6-4-7-18(23)12-16/h2-13H,14H2,1H3,(H,26,27)/b25-13-.